The van der Waals surface area contributed by atoms with Crippen molar-refractivity contribution in [1.82, 2.24) is 20.3 Å². The highest BCUT2D eigenvalue weighted by molar-refractivity contribution is 6.42. The molecule has 1 aromatic carbocycles. The molecule has 156 valence electrons. The van der Waals surface area contributed by atoms with Crippen LogP contribution in [0.4, 0.5) is 0 Å². The summed E-state index contributed by atoms with van der Waals surface area (Å²) < 4.78 is 7.26. The Morgan fingerprint density at radius 3 is 2.50 bits per heavy atom. The van der Waals surface area contributed by atoms with Gasteiger partial charge < -0.3 is 14.6 Å². The fourth-order valence-corrected chi connectivity index (χ4v) is 3.11. The van der Waals surface area contributed by atoms with Crippen molar-refractivity contribution in [3.05, 3.63) is 81.4 Å². The number of nitrogens with one attached hydrogen (secondary N) is 2. The molecule has 0 atom stereocenters. The van der Waals surface area contributed by atoms with Gasteiger partial charge in [0.1, 0.15) is 17.9 Å². The molecule has 0 unspecified atom stereocenters. The second kappa shape index (κ2) is 9.62. The molecule has 8 nitrogen and oxygen atoms in total. The van der Waals surface area contributed by atoms with Gasteiger partial charge in [-0.1, -0.05) is 29.3 Å². The summed E-state index contributed by atoms with van der Waals surface area (Å²) in [4.78, 5) is 28.8. The third-order valence-electron chi connectivity index (χ3n) is 4.27. The smallest absolute Gasteiger partial charge is 0.279 e. The van der Waals surface area contributed by atoms with E-state index in [1.807, 2.05) is 0 Å². The van der Waals surface area contributed by atoms with E-state index in [0.717, 1.165) is 5.56 Å². The number of aryl methyl sites for hydroxylation is 1. The number of carbonyl (C=O) groups is 2. The topological polar surface area (TPSA) is 105 Å². The lowest BCUT2D eigenvalue weighted by Gasteiger charge is -2.12. The van der Waals surface area contributed by atoms with Crippen LogP contribution in [0.3, 0.4) is 0 Å². The number of halogens is 2. The summed E-state index contributed by atoms with van der Waals surface area (Å²) in [6.07, 6.45) is 4.65. The number of hydrogen-bond donors (Lipinski definition) is 3. The van der Waals surface area contributed by atoms with Crippen molar-refractivity contribution in [2.24, 2.45) is 7.05 Å². The molecule has 30 heavy (non-hydrogen) atoms. The third kappa shape index (κ3) is 4.91. The van der Waals surface area contributed by atoms with Crippen LogP contribution in [0.25, 0.3) is 0 Å². The Kier molecular flexibility index (Phi) is 6.94. The molecule has 0 aliphatic rings. The van der Waals surface area contributed by atoms with Crippen molar-refractivity contribution in [2.75, 3.05) is 0 Å². The van der Waals surface area contributed by atoms with Crippen LogP contribution in [-0.4, -0.2) is 26.6 Å². The van der Waals surface area contributed by atoms with Gasteiger partial charge in [-0.25, -0.2) is 5.48 Å². The van der Waals surface area contributed by atoms with Gasteiger partial charge in [-0.05, 0) is 35.4 Å². The summed E-state index contributed by atoms with van der Waals surface area (Å²) in [7, 11) is 1.60. The lowest BCUT2D eigenvalue weighted by Crippen LogP contribution is -2.25. The molecule has 2 amide bonds. The summed E-state index contributed by atoms with van der Waals surface area (Å²) in [5.41, 5.74) is 3.25. The SMILES string of the molecule is Cn1cc(C(=O)NO)c(OCc2ccc(Cl)c(Cl)c2)c1C(=O)NCc1ccncc1. The van der Waals surface area contributed by atoms with Crippen LogP contribution in [-0.2, 0) is 20.2 Å². The molecule has 3 aromatic rings. The van der Waals surface area contributed by atoms with Gasteiger partial charge in [-0.3, -0.25) is 19.8 Å². The molecular formula is C20H18Cl2N4O4. The fraction of sp³-hybridized carbons (Fsp3) is 0.150. The van der Waals surface area contributed by atoms with E-state index in [1.54, 1.807) is 55.3 Å². The van der Waals surface area contributed by atoms with E-state index in [4.69, 9.17) is 33.1 Å². The molecule has 0 bridgehead atoms. The molecule has 10 heteroatoms. The Morgan fingerprint density at radius 1 is 1.10 bits per heavy atom. The van der Waals surface area contributed by atoms with Gasteiger partial charge in [-0.15, -0.1) is 0 Å². The first-order valence-corrected chi connectivity index (χ1v) is 9.54. The van der Waals surface area contributed by atoms with E-state index in [9.17, 15) is 9.59 Å². The summed E-state index contributed by atoms with van der Waals surface area (Å²) >= 11 is 12.0. The first-order chi connectivity index (χ1) is 14.4. The van der Waals surface area contributed by atoms with Crippen molar-refractivity contribution >= 4 is 35.0 Å². The largest absolute Gasteiger partial charge is 0.486 e. The number of aromatic nitrogens is 2. The van der Waals surface area contributed by atoms with Gasteiger partial charge in [0.25, 0.3) is 11.8 Å². The average molecular weight is 449 g/mol. The second-order valence-corrected chi connectivity index (χ2v) is 7.16. The normalized spacial score (nSPS) is 10.5. The van der Waals surface area contributed by atoms with Crippen LogP contribution < -0.4 is 15.5 Å². The maximum Gasteiger partial charge on any atom is 0.279 e. The fourth-order valence-electron chi connectivity index (χ4n) is 2.79. The first kappa shape index (κ1) is 21.6. The number of ether oxygens (including phenoxy) is 1. The number of carbonyl (C=O) groups excluding carboxylic acids is 2. The molecule has 0 spiro atoms. The molecule has 2 aromatic heterocycles. The van der Waals surface area contributed by atoms with Crippen LogP contribution in [0.15, 0.2) is 48.9 Å². The van der Waals surface area contributed by atoms with Crippen LogP contribution in [0, 0.1) is 0 Å². The van der Waals surface area contributed by atoms with Crippen molar-refractivity contribution in [1.29, 1.82) is 0 Å². The highest BCUT2D eigenvalue weighted by atomic mass is 35.5. The van der Waals surface area contributed by atoms with E-state index >= 15 is 0 Å². The number of hydrogen-bond acceptors (Lipinski definition) is 5. The van der Waals surface area contributed by atoms with Gasteiger partial charge >= 0.3 is 0 Å². The van der Waals surface area contributed by atoms with Crippen molar-refractivity contribution in [2.45, 2.75) is 13.2 Å². The van der Waals surface area contributed by atoms with Gasteiger partial charge in [0, 0.05) is 32.2 Å². The number of hydroxylamine groups is 1. The summed E-state index contributed by atoms with van der Waals surface area (Å²) in [6.45, 7) is 0.289. The molecule has 0 aliphatic carbocycles. The molecule has 0 fully saturated rings. The minimum Gasteiger partial charge on any atom is -0.486 e. The molecule has 2 heterocycles. The molecule has 0 aliphatic heterocycles. The van der Waals surface area contributed by atoms with Gasteiger partial charge in [-0.2, -0.15) is 0 Å². The number of amides is 2. The van der Waals surface area contributed by atoms with Crippen molar-refractivity contribution in [3.8, 4) is 5.75 Å². The zero-order valence-electron chi connectivity index (χ0n) is 15.9. The standard InChI is InChI=1S/C20H18Cl2N4O4/c1-26-10-14(19(27)25-29)18(30-11-13-2-3-15(21)16(22)8-13)17(26)20(28)24-9-12-4-6-23-7-5-12/h2-8,10,29H,9,11H2,1H3,(H,24,28)(H,25,27). The van der Waals surface area contributed by atoms with E-state index in [0.29, 0.717) is 15.6 Å². The van der Waals surface area contributed by atoms with E-state index in [2.05, 4.69) is 10.3 Å². The average Bonchev–Trinajstić information content (AvgIpc) is 3.09. The zero-order valence-corrected chi connectivity index (χ0v) is 17.4. The Labute approximate surface area is 182 Å². The lowest BCUT2D eigenvalue weighted by molar-refractivity contribution is 0.0702. The molecule has 0 saturated carbocycles. The van der Waals surface area contributed by atoms with Crippen LogP contribution in [0.1, 0.15) is 32.0 Å². The van der Waals surface area contributed by atoms with E-state index < -0.39 is 11.8 Å². The van der Waals surface area contributed by atoms with Crippen LogP contribution in [0.2, 0.25) is 10.0 Å². The number of nitrogens with zero attached hydrogens (tertiary/aromatic N) is 2. The minimum atomic E-state index is -0.803. The monoisotopic (exact) mass is 448 g/mol. The summed E-state index contributed by atoms with van der Waals surface area (Å²) in [6, 6.07) is 8.51. The Morgan fingerprint density at radius 2 is 1.83 bits per heavy atom. The Bertz CT molecular complexity index is 1070. The molecular weight excluding hydrogens is 431 g/mol. The number of rotatable bonds is 7. The Hall–Kier alpha value is -3.07. The first-order valence-electron chi connectivity index (χ1n) is 8.78. The van der Waals surface area contributed by atoms with Gasteiger partial charge in [0.05, 0.1) is 10.0 Å². The van der Waals surface area contributed by atoms with Gasteiger partial charge in [0.2, 0.25) is 0 Å². The van der Waals surface area contributed by atoms with Crippen LogP contribution >= 0.6 is 23.2 Å². The minimum absolute atomic E-state index is 0.00845. The Balaban J connectivity index is 1.86. The number of pyridine rings is 1. The molecule has 3 N–H and O–H groups in total. The second-order valence-electron chi connectivity index (χ2n) is 6.35. The van der Waals surface area contributed by atoms with Gasteiger partial charge in [0.15, 0.2) is 5.75 Å². The summed E-state index contributed by atoms with van der Waals surface area (Å²) in [5, 5.41) is 12.6. The predicted octanol–water partition coefficient (Wildman–Crippen LogP) is 3.35. The lowest BCUT2D eigenvalue weighted by atomic mass is 10.2. The van der Waals surface area contributed by atoms with Crippen LogP contribution in [0.5, 0.6) is 5.75 Å². The molecule has 3 rings (SSSR count). The molecule has 0 radical (unpaired) electrons. The van der Waals surface area contributed by atoms with E-state index in [-0.39, 0.29) is 30.2 Å². The van der Waals surface area contributed by atoms with Crippen molar-refractivity contribution in [3.63, 3.8) is 0 Å². The molecule has 0 saturated heterocycles. The maximum absolute atomic E-state index is 12.8. The zero-order chi connectivity index (χ0) is 21.7. The number of benzene rings is 1. The summed E-state index contributed by atoms with van der Waals surface area (Å²) in [5.74, 6) is -1.22. The third-order valence-corrected chi connectivity index (χ3v) is 5.01. The highest BCUT2D eigenvalue weighted by Crippen LogP contribution is 2.28. The maximum atomic E-state index is 12.8. The quantitative estimate of drug-likeness (QED) is 0.379. The predicted molar refractivity (Wildman–Crippen MR) is 111 cm³/mol. The highest BCUT2D eigenvalue weighted by Gasteiger charge is 2.26. The van der Waals surface area contributed by atoms with E-state index in [1.165, 1.54) is 10.8 Å². The van der Waals surface area contributed by atoms with Crippen molar-refractivity contribution < 1.29 is 19.5 Å².